The SMILES string of the molecule is O=[N+]([O-])c1ccc2c(c1)N(CCl)CC2. The fourth-order valence-electron chi connectivity index (χ4n) is 1.67. The molecule has 0 aromatic heterocycles. The van der Waals surface area contributed by atoms with Gasteiger partial charge < -0.3 is 4.90 Å². The van der Waals surface area contributed by atoms with Crippen LogP contribution in [0, 0.1) is 10.1 Å². The minimum absolute atomic E-state index is 0.126. The first-order valence-corrected chi connectivity index (χ1v) is 4.84. The van der Waals surface area contributed by atoms with Gasteiger partial charge in [-0.1, -0.05) is 6.07 Å². The van der Waals surface area contributed by atoms with Crippen molar-refractivity contribution < 1.29 is 4.92 Å². The van der Waals surface area contributed by atoms with Crippen molar-refractivity contribution in [3.63, 3.8) is 0 Å². The van der Waals surface area contributed by atoms with Gasteiger partial charge in [0.1, 0.15) is 0 Å². The van der Waals surface area contributed by atoms with Crippen LogP contribution in [0.15, 0.2) is 18.2 Å². The fourth-order valence-corrected chi connectivity index (χ4v) is 1.92. The number of nitro benzene ring substituents is 1. The van der Waals surface area contributed by atoms with Crippen LogP contribution in [0.2, 0.25) is 0 Å². The van der Waals surface area contributed by atoms with Crippen LogP contribution in [0.3, 0.4) is 0 Å². The van der Waals surface area contributed by atoms with Gasteiger partial charge in [-0.3, -0.25) is 10.1 Å². The second-order valence-electron chi connectivity index (χ2n) is 3.20. The van der Waals surface area contributed by atoms with E-state index >= 15 is 0 Å². The number of nitrogens with zero attached hydrogens (tertiary/aromatic N) is 2. The van der Waals surface area contributed by atoms with Crippen LogP contribution in [-0.2, 0) is 6.42 Å². The summed E-state index contributed by atoms with van der Waals surface area (Å²) in [5, 5.41) is 10.5. The highest BCUT2D eigenvalue weighted by Gasteiger charge is 2.20. The van der Waals surface area contributed by atoms with E-state index in [1.165, 1.54) is 6.07 Å². The molecule has 0 radical (unpaired) electrons. The zero-order valence-electron chi connectivity index (χ0n) is 7.44. The van der Waals surface area contributed by atoms with Gasteiger partial charge in [0.05, 0.1) is 10.9 Å². The van der Waals surface area contributed by atoms with Crippen molar-refractivity contribution in [2.45, 2.75) is 6.42 Å². The number of benzene rings is 1. The van der Waals surface area contributed by atoms with Gasteiger partial charge in [0.25, 0.3) is 5.69 Å². The molecule has 0 unspecified atom stereocenters. The van der Waals surface area contributed by atoms with Crippen LogP contribution in [0.1, 0.15) is 5.56 Å². The summed E-state index contributed by atoms with van der Waals surface area (Å²) in [7, 11) is 0. The molecule has 0 saturated heterocycles. The monoisotopic (exact) mass is 212 g/mol. The molecule has 1 aromatic carbocycles. The van der Waals surface area contributed by atoms with Crippen LogP contribution in [0.25, 0.3) is 0 Å². The Kier molecular flexibility index (Phi) is 2.29. The number of hydrogen-bond donors (Lipinski definition) is 0. The average molecular weight is 213 g/mol. The van der Waals surface area contributed by atoms with Gasteiger partial charge in [0.2, 0.25) is 0 Å². The molecule has 0 N–H and O–H groups in total. The molecule has 0 amide bonds. The second-order valence-corrected chi connectivity index (χ2v) is 3.44. The molecule has 1 aliphatic heterocycles. The van der Waals surface area contributed by atoms with Gasteiger partial charge in [0, 0.05) is 24.4 Å². The minimum Gasteiger partial charge on any atom is -0.357 e. The summed E-state index contributed by atoms with van der Waals surface area (Å²) in [4.78, 5) is 12.1. The van der Waals surface area contributed by atoms with E-state index in [0.717, 1.165) is 24.2 Å². The molecule has 1 heterocycles. The smallest absolute Gasteiger partial charge is 0.271 e. The van der Waals surface area contributed by atoms with Crippen LogP contribution >= 0.6 is 11.6 Å². The first-order valence-electron chi connectivity index (χ1n) is 4.30. The number of non-ortho nitro benzene ring substituents is 1. The maximum absolute atomic E-state index is 10.5. The Labute approximate surface area is 86.2 Å². The standard InChI is InChI=1S/C9H9ClN2O2/c10-6-11-4-3-7-1-2-8(12(13)14)5-9(7)11/h1-2,5H,3-4,6H2. The molecule has 1 aromatic rings. The number of nitro groups is 1. The van der Waals surface area contributed by atoms with E-state index in [2.05, 4.69) is 0 Å². The minimum atomic E-state index is -0.384. The molecule has 0 saturated carbocycles. The molecule has 0 bridgehead atoms. The van der Waals surface area contributed by atoms with Crippen molar-refractivity contribution in [2.24, 2.45) is 0 Å². The zero-order valence-corrected chi connectivity index (χ0v) is 8.20. The summed E-state index contributed by atoms with van der Waals surface area (Å²) in [5.41, 5.74) is 2.16. The Morgan fingerprint density at radius 3 is 3.00 bits per heavy atom. The lowest BCUT2D eigenvalue weighted by atomic mass is 10.1. The normalized spacial score (nSPS) is 14.2. The lowest BCUT2D eigenvalue weighted by Gasteiger charge is -2.14. The van der Waals surface area contributed by atoms with Gasteiger partial charge in [-0.05, 0) is 12.0 Å². The predicted octanol–water partition coefficient (Wildman–Crippen LogP) is 2.15. The van der Waals surface area contributed by atoms with E-state index in [4.69, 9.17) is 11.6 Å². The molecule has 0 atom stereocenters. The maximum atomic E-state index is 10.5. The molecule has 2 rings (SSSR count). The lowest BCUT2D eigenvalue weighted by Crippen LogP contribution is -2.17. The summed E-state index contributed by atoms with van der Waals surface area (Å²) in [5.74, 6) is 0. The Morgan fingerprint density at radius 2 is 2.36 bits per heavy atom. The van der Waals surface area contributed by atoms with E-state index in [1.807, 2.05) is 4.90 Å². The van der Waals surface area contributed by atoms with Crippen molar-refractivity contribution in [1.82, 2.24) is 0 Å². The Bertz CT molecular complexity index is 381. The second kappa shape index (κ2) is 3.46. The fraction of sp³-hybridized carbons (Fsp3) is 0.333. The number of anilines is 1. The topological polar surface area (TPSA) is 46.4 Å². The molecule has 5 heteroatoms. The summed E-state index contributed by atoms with van der Waals surface area (Å²) >= 11 is 5.72. The zero-order chi connectivity index (χ0) is 10.1. The summed E-state index contributed by atoms with van der Waals surface area (Å²) in [6.45, 7) is 0.847. The molecule has 0 fully saturated rings. The van der Waals surface area contributed by atoms with Crippen LogP contribution in [0.4, 0.5) is 11.4 Å². The quantitative estimate of drug-likeness (QED) is 0.327. The van der Waals surface area contributed by atoms with E-state index in [0.29, 0.717) is 6.00 Å². The van der Waals surface area contributed by atoms with Crippen molar-refractivity contribution in [2.75, 3.05) is 17.4 Å². The molecule has 0 aliphatic carbocycles. The lowest BCUT2D eigenvalue weighted by molar-refractivity contribution is -0.384. The molecule has 74 valence electrons. The highest BCUT2D eigenvalue weighted by atomic mass is 35.5. The largest absolute Gasteiger partial charge is 0.357 e. The van der Waals surface area contributed by atoms with Gasteiger partial charge in [0.15, 0.2) is 0 Å². The van der Waals surface area contributed by atoms with Crippen molar-refractivity contribution in [3.05, 3.63) is 33.9 Å². The van der Waals surface area contributed by atoms with E-state index in [-0.39, 0.29) is 10.6 Å². The molecular weight excluding hydrogens is 204 g/mol. The van der Waals surface area contributed by atoms with Crippen molar-refractivity contribution >= 4 is 23.0 Å². The van der Waals surface area contributed by atoms with E-state index in [9.17, 15) is 10.1 Å². The third-order valence-electron chi connectivity index (χ3n) is 2.42. The van der Waals surface area contributed by atoms with E-state index < -0.39 is 0 Å². The summed E-state index contributed by atoms with van der Waals surface area (Å²) < 4.78 is 0. The highest BCUT2D eigenvalue weighted by Crippen LogP contribution is 2.31. The average Bonchev–Trinajstić information content (AvgIpc) is 2.59. The Balaban J connectivity index is 2.42. The van der Waals surface area contributed by atoms with Crippen molar-refractivity contribution in [3.8, 4) is 0 Å². The molecular formula is C9H9ClN2O2. The first-order chi connectivity index (χ1) is 6.72. The Morgan fingerprint density at radius 1 is 1.57 bits per heavy atom. The van der Waals surface area contributed by atoms with Gasteiger partial charge >= 0.3 is 0 Å². The third-order valence-corrected chi connectivity index (χ3v) is 2.70. The molecule has 4 nitrogen and oxygen atoms in total. The number of alkyl halides is 1. The highest BCUT2D eigenvalue weighted by molar-refractivity contribution is 6.19. The number of rotatable bonds is 2. The predicted molar refractivity (Wildman–Crippen MR) is 54.9 cm³/mol. The first kappa shape index (κ1) is 9.27. The maximum Gasteiger partial charge on any atom is 0.271 e. The van der Waals surface area contributed by atoms with Crippen LogP contribution in [0.5, 0.6) is 0 Å². The molecule has 1 aliphatic rings. The van der Waals surface area contributed by atoms with E-state index in [1.54, 1.807) is 12.1 Å². The van der Waals surface area contributed by atoms with Crippen molar-refractivity contribution in [1.29, 1.82) is 0 Å². The number of hydrogen-bond acceptors (Lipinski definition) is 3. The third kappa shape index (κ3) is 1.42. The molecule has 0 spiro atoms. The summed E-state index contributed by atoms with van der Waals surface area (Å²) in [6.07, 6.45) is 0.917. The van der Waals surface area contributed by atoms with Gasteiger partial charge in [-0.25, -0.2) is 0 Å². The Hall–Kier alpha value is -1.29. The van der Waals surface area contributed by atoms with Crippen LogP contribution in [-0.4, -0.2) is 17.5 Å². The van der Waals surface area contributed by atoms with Crippen LogP contribution < -0.4 is 4.90 Å². The number of halogens is 1. The summed E-state index contributed by atoms with van der Waals surface area (Å²) in [6, 6.07) is 5.31. The van der Waals surface area contributed by atoms with Gasteiger partial charge in [-0.15, -0.1) is 11.6 Å². The number of fused-ring (bicyclic) bond motifs is 1. The van der Waals surface area contributed by atoms with Gasteiger partial charge in [-0.2, -0.15) is 0 Å². The molecule has 14 heavy (non-hydrogen) atoms.